The fourth-order valence-electron chi connectivity index (χ4n) is 2.66. The van der Waals surface area contributed by atoms with E-state index in [0.29, 0.717) is 22.5 Å². The summed E-state index contributed by atoms with van der Waals surface area (Å²) in [5.74, 6) is -0.173. The highest BCUT2D eigenvalue weighted by atomic mass is 32.1. The molecule has 3 aromatic rings. The number of aromatic amines is 1. The molecular formula is C21H19N3O2S. The Morgan fingerprint density at radius 1 is 0.815 bits per heavy atom. The lowest BCUT2D eigenvalue weighted by molar-refractivity contribution is 0.0976. The maximum Gasteiger partial charge on any atom is 0.213 e. The summed E-state index contributed by atoms with van der Waals surface area (Å²) in [5.41, 5.74) is 4.23. The molecule has 0 amide bonds. The second-order valence-electron chi connectivity index (χ2n) is 6.47. The fraction of sp³-hybridized carbons (Fsp3) is 0.190. The quantitative estimate of drug-likeness (QED) is 0.519. The molecule has 136 valence electrons. The van der Waals surface area contributed by atoms with E-state index >= 15 is 0 Å². The van der Waals surface area contributed by atoms with Crippen molar-refractivity contribution in [3.05, 3.63) is 86.9 Å². The van der Waals surface area contributed by atoms with Crippen LogP contribution in [0.4, 0.5) is 0 Å². The molecule has 2 aromatic carbocycles. The molecule has 3 rings (SSSR count). The Labute approximate surface area is 162 Å². The Kier molecular flexibility index (Phi) is 5.66. The first-order valence-electron chi connectivity index (χ1n) is 8.56. The number of hydrogen-bond acceptors (Lipinski definition) is 5. The maximum absolute atomic E-state index is 12.6. The van der Waals surface area contributed by atoms with Gasteiger partial charge in [-0.05, 0) is 26.1 Å². The molecule has 0 saturated carbocycles. The summed E-state index contributed by atoms with van der Waals surface area (Å²) in [4.78, 5) is 29.4. The molecule has 6 heteroatoms. The molecule has 1 N–H and O–H groups in total. The van der Waals surface area contributed by atoms with Crippen molar-refractivity contribution in [3.8, 4) is 0 Å². The third kappa shape index (κ3) is 4.80. The molecule has 0 aliphatic carbocycles. The van der Waals surface area contributed by atoms with E-state index in [2.05, 4.69) is 15.2 Å². The van der Waals surface area contributed by atoms with Gasteiger partial charge in [0.1, 0.15) is 0 Å². The summed E-state index contributed by atoms with van der Waals surface area (Å²) >= 11 is 5.04. The predicted molar refractivity (Wildman–Crippen MR) is 106 cm³/mol. The Morgan fingerprint density at radius 2 is 1.26 bits per heavy atom. The first-order chi connectivity index (χ1) is 12.9. The number of carbonyl (C=O) groups excluding carboxylic acids is 2. The highest BCUT2D eigenvalue weighted by Gasteiger charge is 2.16. The fourth-order valence-corrected chi connectivity index (χ4v) is 2.82. The Hall–Kier alpha value is -2.99. The first kappa shape index (κ1) is 18.8. The minimum absolute atomic E-state index is 0.0465. The van der Waals surface area contributed by atoms with Crippen molar-refractivity contribution in [2.75, 3.05) is 0 Å². The minimum atomic E-state index is -0.0889. The molecule has 0 atom stereocenters. The van der Waals surface area contributed by atoms with Crippen LogP contribution in [0, 0.1) is 18.6 Å². The van der Waals surface area contributed by atoms with Gasteiger partial charge in [-0.15, -0.1) is 0 Å². The van der Waals surface area contributed by atoms with Crippen molar-refractivity contribution in [1.82, 2.24) is 15.2 Å². The average molecular weight is 377 g/mol. The summed E-state index contributed by atoms with van der Waals surface area (Å²) in [6, 6.07) is 14.7. The van der Waals surface area contributed by atoms with Crippen LogP contribution in [-0.2, 0) is 12.8 Å². The first-order valence-corrected chi connectivity index (χ1v) is 8.97. The molecule has 5 nitrogen and oxygen atoms in total. The lowest BCUT2D eigenvalue weighted by Gasteiger charge is -2.07. The van der Waals surface area contributed by atoms with Gasteiger partial charge in [-0.3, -0.25) is 14.7 Å². The van der Waals surface area contributed by atoms with Crippen molar-refractivity contribution < 1.29 is 9.59 Å². The zero-order valence-corrected chi connectivity index (χ0v) is 16.0. The van der Waals surface area contributed by atoms with Gasteiger partial charge in [-0.25, -0.2) is 4.98 Å². The number of aromatic nitrogens is 3. The third-order valence-corrected chi connectivity index (χ3v) is 4.44. The normalized spacial score (nSPS) is 10.6. The smallest absolute Gasteiger partial charge is 0.213 e. The van der Waals surface area contributed by atoms with Crippen LogP contribution >= 0.6 is 12.2 Å². The van der Waals surface area contributed by atoms with Gasteiger partial charge in [-0.1, -0.05) is 59.7 Å². The third-order valence-electron chi connectivity index (χ3n) is 4.26. The van der Waals surface area contributed by atoms with E-state index in [4.69, 9.17) is 12.2 Å². The van der Waals surface area contributed by atoms with Gasteiger partial charge in [0, 0.05) is 11.1 Å². The number of nitrogens with one attached hydrogen (secondary N) is 1. The van der Waals surface area contributed by atoms with E-state index in [1.54, 1.807) is 24.3 Å². The summed E-state index contributed by atoms with van der Waals surface area (Å²) in [6.45, 7) is 3.93. The molecular weight excluding hydrogens is 358 g/mol. The van der Waals surface area contributed by atoms with Gasteiger partial charge in [0.2, 0.25) is 4.77 Å². The molecule has 0 saturated heterocycles. The van der Waals surface area contributed by atoms with E-state index in [9.17, 15) is 9.59 Å². The van der Waals surface area contributed by atoms with E-state index in [1.165, 1.54) is 0 Å². The lowest BCUT2D eigenvalue weighted by atomic mass is 10.0. The molecule has 27 heavy (non-hydrogen) atoms. The maximum atomic E-state index is 12.6. The predicted octanol–water partition coefficient (Wildman–Crippen LogP) is 4.00. The number of hydrogen-bond donors (Lipinski definition) is 1. The molecule has 0 radical (unpaired) electrons. The van der Waals surface area contributed by atoms with E-state index in [-0.39, 0.29) is 29.2 Å². The Bertz CT molecular complexity index is 1040. The van der Waals surface area contributed by atoms with Gasteiger partial charge in [-0.2, -0.15) is 5.10 Å². The van der Waals surface area contributed by atoms with Crippen LogP contribution in [0.5, 0.6) is 0 Å². The van der Waals surface area contributed by atoms with Crippen LogP contribution in [0.1, 0.15) is 43.2 Å². The SMILES string of the molecule is Cc1ccc(C(=O)Cc2n[nH]c(=S)nc2CC(=O)c2ccc(C)cc2)cc1. The van der Waals surface area contributed by atoms with Crippen LogP contribution in [0.15, 0.2) is 48.5 Å². The van der Waals surface area contributed by atoms with Gasteiger partial charge >= 0.3 is 0 Å². The zero-order valence-electron chi connectivity index (χ0n) is 15.2. The second kappa shape index (κ2) is 8.14. The van der Waals surface area contributed by atoms with Crippen molar-refractivity contribution >= 4 is 23.8 Å². The number of Topliss-reactive ketones (excluding diaryl/α,β-unsaturated/α-hetero) is 2. The largest absolute Gasteiger partial charge is 0.294 e. The molecule has 1 heterocycles. The highest BCUT2D eigenvalue weighted by molar-refractivity contribution is 7.71. The number of H-pyrrole nitrogens is 1. The van der Waals surface area contributed by atoms with Crippen molar-refractivity contribution in [2.45, 2.75) is 26.7 Å². The molecule has 0 fully saturated rings. The monoisotopic (exact) mass is 377 g/mol. The number of benzene rings is 2. The summed E-state index contributed by atoms with van der Waals surface area (Å²) in [6.07, 6.45) is 0.101. The van der Waals surface area contributed by atoms with E-state index in [1.807, 2.05) is 38.1 Å². The van der Waals surface area contributed by atoms with Crippen molar-refractivity contribution in [1.29, 1.82) is 0 Å². The average Bonchev–Trinajstić information content (AvgIpc) is 2.65. The number of carbonyl (C=O) groups is 2. The molecule has 1 aromatic heterocycles. The van der Waals surface area contributed by atoms with E-state index in [0.717, 1.165) is 11.1 Å². The summed E-state index contributed by atoms with van der Waals surface area (Å²) in [5, 5.41) is 6.77. The van der Waals surface area contributed by atoms with Crippen LogP contribution < -0.4 is 0 Å². The number of rotatable bonds is 6. The number of ketones is 2. The molecule has 0 aliphatic rings. The van der Waals surface area contributed by atoms with Gasteiger partial charge in [0.15, 0.2) is 11.6 Å². The zero-order chi connectivity index (χ0) is 19.4. The molecule has 0 unspecified atom stereocenters. The van der Waals surface area contributed by atoms with Crippen molar-refractivity contribution in [3.63, 3.8) is 0 Å². The number of nitrogens with zero attached hydrogens (tertiary/aromatic N) is 2. The van der Waals surface area contributed by atoms with Gasteiger partial charge in [0.05, 0.1) is 24.2 Å². The summed E-state index contributed by atoms with van der Waals surface area (Å²) in [7, 11) is 0. The second-order valence-corrected chi connectivity index (χ2v) is 6.85. The van der Waals surface area contributed by atoms with Crippen molar-refractivity contribution in [2.24, 2.45) is 0 Å². The Balaban J connectivity index is 1.83. The molecule has 0 spiro atoms. The van der Waals surface area contributed by atoms with Crippen LogP contribution in [0.2, 0.25) is 0 Å². The minimum Gasteiger partial charge on any atom is -0.294 e. The van der Waals surface area contributed by atoms with Crippen LogP contribution in [0.25, 0.3) is 0 Å². The van der Waals surface area contributed by atoms with Gasteiger partial charge in [0.25, 0.3) is 0 Å². The lowest BCUT2D eigenvalue weighted by Crippen LogP contribution is -2.14. The molecule has 0 bridgehead atoms. The topological polar surface area (TPSA) is 75.7 Å². The summed E-state index contributed by atoms with van der Waals surface area (Å²) < 4.78 is 0.188. The van der Waals surface area contributed by atoms with E-state index < -0.39 is 0 Å². The highest BCUT2D eigenvalue weighted by Crippen LogP contribution is 2.13. The standard InChI is InChI=1S/C21H19N3O2S/c1-13-3-7-15(8-4-13)19(25)11-17-18(23-24-21(27)22-17)12-20(26)16-9-5-14(2)6-10-16/h3-10H,11-12H2,1-2H3,(H,22,24,27). The van der Waals surface area contributed by atoms with Crippen LogP contribution in [0.3, 0.4) is 0 Å². The molecule has 0 aliphatic heterocycles. The van der Waals surface area contributed by atoms with Gasteiger partial charge < -0.3 is 0 Å². The van der Waals surface area contributed by atoms with Crippen LogP contribution in [-0.4, -0.2) is 26.7 Å². The number of aryl methyl sites for hydroxylation is 2. The Morgan fingerprint density at radius 3 is 1.74 bits per heavy atom.